The Hall–Kier alpha value is -1.86. The van der Waals surface area contributed by atoms with Gasteiger partial charge in [0, 0.05) is 12.8 Å². The summed E-state index contributed by atoms with van der Waals surface area (Å²) in [4.78, 5) is 25.2. The van der Waals surface area contributed by atoms with Crippen molar-refractivity contribution in [2.45, 2.75) is 468 Å². The molecule has 6 N–H and O–H groups in total. The fraction of sp³-hybridized carbons (Fsp3) is 0.927. The summed E-state index contributed by atoms with van der Waals surface area (Å²) in [6, 6.07) is -0.804. The molecule has 1 heterocycles. The van der Waals surface area contributed by atoms with Crippen molar-refractivity contribution >= 4 is 11.9 Å². The maximum absolute atomic E-state index is 13.1. The van der Waals surface area contributed by atoms with Crippen LogP contribution in [0.15, 0.2) is 24.3 Å². The van der Waals surface area contributed by atoms with Crippen LogP contribution in [-0.2, 0) is 23.8 Å². The minimum atomic E-state index is -1.57. The van der Waals surface area contributed by atoms with Crippen molar-refractivity contribution in [3.05, 3.63) is 24.3 Å². The Morgan fingerprint density at radius 2 is 0.688 bits per heavy atom. The Kier molecular flexibility index (Phi) is 68.5. The summed E-state index contributed by atoms with van der Waals surface area (Å²) in [6.45, 7) is 4.38. The Labute approximate surface area is 575 Å². The van der Waals surface area contributed by atoms with Gasteiger partial charge >= 0.3 is 5.97 Å². The topological polar surface area (TPSA) is 175 Å². The zero-order valence-electron chi connectivity index (χ0n) is 61.5. The van der Waals surface area contributed by atoms with Crippen LogP contribution in [0.3, 0.4) is 0 Å². The molecule has 0 bridgehead atoms. The van der Waals surface area contributed by atoms with E-state index >= 15 is 0 Å². The number of esters is 1. The van der Waals surface area contributed by atoms with E-state index in [9.17, 15) is 35.1 Å². The van der Waals surface area contributed by atoms with Crippen molar-refractivity contribution in [2.75, 3.05) is 19.8 Å². The number of carbonyl (C=O) groups excluding carboxylic acids is 2. The fourth-order valence-corrected chi connectivity index (χ4v) is 13.4. The van der Waals surface area contributed by atoms with Crippen LogP contribution in [0.4, 0.5) is 0 Å². The number of carbonyl (C=O) groups is 2. The monoisotopic (exact) mass is 1320 g/mol. The van der Waals surface area contributed by atoms with Crippen LogP contribution in [0.25, 0.3) is 0 Å². The van der Waals surface area contributed by atoms with Gasteiger partial charge in [0.2, 0.25) is 5.91 Å². The zero-order valence-corrected chi connectivity index (χ0v) is 61.5. The number of unbranched alkanes of at least 4 members (excludes halogenated alkanes) is 58. The van der Waals surface area contributed by atoms with Gasteiger partial charge in [0.15, 0.2) is 6.29 Å². The molecule has 0 aromatic heterocycles. The Morgan fingerprint density at radius 1 is 0.387 bits per heavy atom. The molecule has 0 aromatic carbocycles. The molecule has 0 aromatic rings. The third-order valence-electron chi connectivity index (χ3n) is 19.8. The maximum atomic E-state index is 13.1. The molecule has 1 saturated heterocycles. The van der Waals surface area contributed by atoms with E-state index in [0.717, 1.165) is 57.8 Å². The van der Waals surface area contributed by atoms with Gasteiger partial charge in [-0.2, -0.15) is 0 Å². The van der Waals surface area contributed by atoms with E-state index < -0.39 is 49.5 Å². The van der Waals surface area contributed by atoms with Gasteiger partial charge in [0.1, 0.15) is 24.4 Å². The quantitative estimate of drug-likeness (QED) is 0.0195. The van der Waals surface area contributed by atoms with Crippen molar-refractivity contribution in [1.82, 2.24) is 5.32 Å². The molecule has 0 saturated carbocycles. The van der Waals surface area contributed by atoms with E-state index in [0.29, 0.717) is 19.4 Å². The van der Waals surface area contributed by atoms with E-state index in [2.05, 4.69) is 31.3 Å². The Balaban J connectivity index is 1.86. The van der Waals surface area contributed by atoms with Crippen LogP contribution in [0.5, 0.6) is 0 Å². The average molecular weight is 1320 g/mol. The van der Waals surface area contributed by atoms with Crippen LogP contribution in [0, 0.1) is 0 Å². The molecular formula is C82H157NO10. The third kappa shape index (κ3) is 59.9. The highest BCUT2D eigenvalue weighted by molar-refractivity contribution is 5.76. The number of hydrogen-bond donors (Lipinski definition) is 6. The third-order valence-corrected chi connectivity index (χ3v) is 19.8. The van der Waals surface area contributed by atoms with Crippen LogP contribution >= 0.6 is 0 Å². The maximum Gasteiger partial charge on any atom is 0.305 e. The van der Waals surface area contributed by atoms with E-state index in [4.69, 9.17) is 14.2 Å². The summed E-state index contributed by atoms with van der Waals surface area (Å²) in [6.07, 6.45) is 82.3. The number of rotatable bonds is 74. The molecule has 11 heteroatoms. The highest BCUT2D eigenvalue weighted by atomic mass is 16.7. The molecular weight excluding hydrogens is 1160 g/mol. The fourth-order valence-electron chi connectivity index (χ4n) is 13.4. The molecule has 1 aliphatic rings. The van der Waals surface area contributed by atoms with Crippen molar-refractivity contribution in [3.63, 3.8) is 0 Å². The largest absolute Gasteiger partial charge is 0.466 e. The summed E-state index contributed by atoms with van der Waals surface area (Å²) < 4.78 is 16.8. The smallest absolute Gasteiger partial charge is 0.305 e. The number of nitrogens with one attached hydrogen (secondary N) is 1. The van der Waals surface area contributed by atoms with Crippen LogP contribution in [-0.4, -0.2) is 100 Å². The molecule has 7 atom stereocenters. The second kappa shape index (κ2) is 71.4. The van der Waals surface area contributed by atoms with Gasteiger partial charge in [-0.1, -0.05) is 378 Å². The normalized spacial score (nSPS) is 17.5. The van der Waals surface area contributed by atoms with Crippen molar-refractivity contribution < 1.29 is 49.3 Å². The second-order valence-electron chi connectivity index (χ2n) is 28.8. The lowest BCUT2D eigenvalue weighted by atomic mass is 9.99. The number of hydrogen-bond acceptors (Lipinski definition) is 10. The van der Waals surface area contributed by atoms with Crippen LogP contribution in [0.1, 0.15) is 425 Å². The minimum Gasteiger partial charge on any atom is -0.466 e. The van der Waals surface area contributed by atoms with Gasteiger partial charge in [-0.25, -0.2) is 0 Å². The molecule has 1 rings (SSSR count). The molecule has 0 aliphatic carbocycles. The van der Waals surface area contributed by atoms with Crippen molar-refractivity contribution in [1.29, 1.82) is 0 Å². The average Bonchev–Trinajstić information content (AvgIpc) is 0.981. The summed E-state index contributed by atoms with van der Waals surface area (Å²) >= 11 is 0. The van der Waals surface area contributed by atoms with Crippen molar-refractivity contribution in [2.24, 2.45) is 0 Å². The molecule has 1 aliphatic heterocycles. The first kappa shape index (κ1) is 89.2. The summed E-state index contributed by atoms with van der Waals surface area (Å²) in [5.41, 5.74) is 0. The van der Waals surface area contributed by atoms with Crippen molar-refractivity contribution in [3.8, 4) is 0 Å². The molecule has 0 radical (unpaired) electrons. The van der Waals surface area contributed by atoms with Gasteiger partial charge in [0.05, 0.1) is 32.0 Å². The van der Waals surface area contributed by atoms with Gasteiger partial charge in [0.25, 0.3) is 0 Å². The molecule has 1 fully saturated rings. The number of amides is 1. The van der Waals surface area contributed by atoms with Crippen LogP contribution < -0.4 is 5.32 Å². The highest BCUT2D eigenvalue weighted by Crippen LogP contribution is 2.24. The molecule has 7 unspecified atom stereocenters. The number of ether oxygens (including phenoxy) is 3. The molecule has 1 amide bonds. The molecule has 550 valence electrons. The standard InChI is InChI=1S/C82H157NO10/c1-3-5-7-9-11-13-15-17-46-50-54-58-62-66-70-78(87)91-71-67-63-59-55-51-47-44-42-40-38-36-34-32-30-28-26-24-22-20-18-19-21-23-25-27-29-31-33-35-37-39-41-43-45-49-53-57-61-65-69-77(86)83-74(73-92-82-81(90)80(89)79(88)76(72-84)93-82)75(85)68-64-60-56-52-48-16-14-12-10-8-6-4-2/h15,17,64,68,74-76,79-82,84-85,88-90H,3-14,16,18-63,65-67,69-73H2,1-2H3,(H,83,86)/b17-15-,68-64+. The molecule has 0 spiro atoms. The molecule has 11 nitrogen and oxygen atoms in total. The first-order valence-electron chi connectivity index (χ1n) is 41.1. The van der Waals surface area contributed by atoms with E-state index in [1.165, 1.54) is 340 Å². The summed E-state index contributed by atoms with van der Waals surface area (Å²) in [7, 11) is 0. The number of aliphatic hydroxyl groups excluding tert-OH is 5. The van der Waals surface area contributed by atoms with E-state index in [1.54, 1.807) is 6.08 Å². The predicted molar refractivity (Wildman–Crippen MR) is 394 cm³/mol. The summed E-state index contributed by atoms with van der Waals surface area (Å²) in [5, 5.41) is 54.5. The van der Waals surface area contributed by atoms with Gasteiger partial charge in [-0.15, -0.1) is 0 Å². The number of aliphatic hydroxyl groups is 5. The minimum absolute atomic E-state index is 0.0106. The number of allylic oxidation sites excluding steroid dienone is 3. The summed E-state index contributed by atoms with van der Waals surface area (Å²) in [5.74, 6) is -0.163. The lowest BCUT2D eigenvalue weighted by molar-refractivity contribution is -0.302. The van der Waals surface area contributed by atoms with Gasteiger partial charge < -0.3 is 45.1 Å². The lowest BCUT2D eigenvalue weighted by Gasteiger charge is -2.40. The Morgan fingerprint density at radius 3 is 1.03 bits per heavy atom. The van der Waals surface area contributed by atoms with E-state index in [-0.39, 0.29) is 18.5 Å². The lowest BCUT2D eigenvalue weighted by Crippen LogP contribution is -2.60. The zero-order chi connectivity index (χ0) is 67.2. The van der Waals surface area contributed by atoms with Gasteiger partial charge in [-0.3, -0.25) is 9.59 Å². The molecule has 93 heavy (non-hydrogen) atoms. The predicted octanol–water partition coefficient (Wildman–Crippen LogP) is 22.3. The highest BCUT2D eigenvalue weighted by Gasteiger charge is 2.44. The van der Waals surface area contributed by atoms with Gasteiger partial charge in [-0.05, 0) is 57.8 Å². The van der Waals surface area contributed by atoms with Crippen LogP contribution in [0.2, 0.25) is 0 Å². The second-order valence-corrected chi connectivity index (χ2v) is 28.8. The van der Waals surface area contributed by atoms with E-state index in [1.807, 2.05) is 6.08 Å². The first-order chi connectivity index (χ1) is 45.7. The first-order valence-corrected chi connectivity index (χ1v) is 41.1. The SMILES string of the molecule is CCCCCCC/C=C\CCCCCCCC(=O)OCCCCCCCCCCCCCCCCCCCCCCCCCCCCCCCCCCCCCCCCCC(=O)NC(COC1OC(CO)C(O)C(O)C1O)C(O)/C=C/CCCCCCCCCCCC. The Bertz CT molecular complexity index is 1590.